The zero-order chi connectivity index (χ0) is 35.1. The summed E-state index contributed by atoms with van der Waals surface area (Å²) in [6.45, 7) is 4.54. The molecule has 0 aliphatic carbocycles. The van der Waals surface area contributed by atoms with Gasteiger partial charge in [-0.3, -0.25) is 4.90 Å². The molecule has 2 fully saturated rings. The number of fused-ring (bicyclic) bond motifs is 1. The molecule has 2 aliphatic heterocycles. The number of carbonyl (C=O) groups excluding carboxylic acids is 1. The second kappa shape index (κ2) is 16.3. The normalized spacial score (nSPS) is 20.6. The molecule has 3 amide bonds. The molecule has 2 aliphatic rings. The van der Waals surface area contributed by atoms with E-state index in [1.807, 2.05) is 44.2 Å². The van der Waals surface area contributed by atoms with Gasteiger partial charge in [-0.2, -0.15) is 4.31 Å². The molecule has 4 rings (SSSR count). The monoisotopic (exact) mass is 690 g/mol. The van der Waals surface area contributed by atoms with Gasteiger partial charge in [-0.25, -0.2) is 18.0 Å². The van der Waals surface area contributed by atoms with Crippen LogP contribution >= 0.6 is 0 Å². The molecular formula is C34H50N4O9S. The van der Waals surface area contributed by atoms with Gasteiger partial charge in [0.1, 0.15) is 5.75 Å². The van der Waals surface area contributed by atoms with Gasteiger partial charge in [-0.15, -0.1) is 0 Å². The molecule has 48 heavy (non-hydrogen) atoms. The van der Waals surface area contributed by atoms with Crippen LogP contribution in [0.25, 0.3) is 0 Å². The number of rotatable bonds is 16. The summed E-state index contributed by atoms with van der Waals surface area (Å²) >= 11 is 0. The van der Waals surface area contributed by atoms with Gasteiger partial charge in [0.15, 0.2) is 6.29 Å². The standard InChI is InChI=1S/C34H50N4O9S/c1-34(2,17-9-18-35-32(40)36(3)4)23-37(48(43,44)26-14-12-25(45-5)13-15-26)21-30(39)28(20-24-10-7-6-8-11-24)38(33(41)42)29-22-47-31-27(29)16-19-46-31/h6-8,10-15,27-31,39H,9,16-23H2,1-5H3,(H,35,40)(H,41,42)/t27-,28-,29-,30+,31+/m0/s1. The first kappa shape index (κ1) is 37.4. The van der Waals surface area contributed by atoms with Gasteiger partial charge in [-0.1, -0.05) is 44.2 Å². The Labute approximate surface area is 283 Å². The first-order chi connectivity index (χ1) is 22.7. The number of hydrogen-bond donors (Lipinski definition) is 3. The highest BCUT2D eigenvalue weighted by atomic mass is 32.2. The SMILES string of the molecule is COc1ccc(S(=O)(=O)N(C[C@@H](O)[C@H](Cc2ccccc2)N(C(=O)O)[C@H]2CO[C@H]3OCC[C@H]32)CC(C)(C)CCCNC(=O)N(C)C)cc1. The Morgan fingerprint density at radius 2 is 1.77 bits per heavy atom. The molecule has 2 aromatic carbocycles. The van der Waals surface area contributed by atoms with E-state index in [1.54, 1.807) is 26.2 Å². The van der Waals surface area contributed by atoms with Crippen molar-refractivity contribution < 1.29 is 42.4 Å². The highest BCUT2D eigenvalue weighted by Crippen LogP contribution is 2.36. The van der Waals surface area contributed by atoms with E-state index in [4.69, 9.17) is 14.2 Å². The molecular weight excluding hydrogens is 640 g/mol. The number of carboxylic acid groups (broad SMARTS) is 1. The average molecular weight is 691 g/mol. The Bertz CT molecular complexity index is 1460. The third-order valence-corrected chi connectivity index (χ3v) is 10.9. The van der Waals surface area contributed by atoms with E-state index in [0.29, 0.717) is 38.2 Å². The van der Waals surface area contributed by atoms with E-state index in [0.717, 1.165) is 5.56 Å². The minimum atomic E-state index is -4.16. The summed E-state index contributed by atoms with van der Waals surface area (Å²) in [4.78, 5) is 27.7. The van der Waals surface area contributed by atoms with Gasteiger partial charge in [-0.05, 0) is 60.9 Å². The number of aliphatic hydroxyl groups is 1. The molecule has 266 valence electrons. The van der Waals surface area contributed by atoms with Crippen molar-refractivity contribution in [3.05, 3.63) is 60.2 Å². The van der Waals surface area contributed by atoms with Crippen LogP contribution in [-0.2, 0) is 25.9 Å². The molecule has 14 heteroatoms. The van der Waals surface area contributed by atoms with Crippen molar-refractivity contribution in [2.45, 2.75) is 68.9 Å². The zero-order valence-electron chi connectivity index (χ0n) is 28.4. The molecule has 0 unspecified atom stereocenters. The molecule has 13 nitrogen and oxygen atoms in total. The number of carbonyl (C=O) groups is 2. The number of benzene rings is 2. The largest absolute Gasteiger partial charge is 0.497 e. The summed E-state index contributed by atoms with van der Waals surface area (Å²) in [6.07, 6.45) is -1.18. The van der Waals surface area contributed by atoms with Crippen LogP contribution in [0.2, 0.25) is 0 Å². The Morgan fingerprint density at radius 1 is 1.08 bits per heavy atom. The number of aliphatic hydroxyl groups excluding tert-OH is 1. The van der Waals surface area contributed by atoms with Crippen LogP contribution in [0.1, 0.15) is 38.7 Å². The predicted molar refractivity (Wildman–Crippen MR) is 179 cm³/mol. The van der Waals surface area contributed by atoms with Crippen molar-refractivity contribution in [2.24, 2.45) is 11.3 Å². The number of nitrogens with zero attached hydrogens (tertiary/aromatic N) is 3. The van der Waals surface area contributed by atoms with Crippen LogP contribution in [0.15, 0.2) is 59.5 Å². The Hall–Kier alpha value is -3.43. The number of nitrogens with one attached hydrogen (secondary N) is 1. The van der Waals surface area contributed by atoms with Gasteiger partial charge in [0.2, 0.25) is 10.0 Å². The van der Waals surface area contributed by atoms with Gasteiger partial charge >= 0.3 is 12.1 Å². The highest BCUT2D eigenvalue weighted by molar-refractivity contribution is 7.89. The molecule has 2 aromatic rings. The lowest BCUT2D eigenvalue weighted by Crippen LogP contribution is -2.58. The highest BCUT2D eigenvalue weighted by Gasteiger charge is 2.49. The molecule has 2 saturated heterocycles. The number of sulfonamides is 1. The lowest BCUT2D eigenvalue weighted by atomic mass is 9.87. The van der Waals surface area contributed by atoms with E-state index in [9.17, 15) is 28.2 Å². The second-order valence-electron chi connectivity index (χ2n) is 13.5. The number of urea groups is 1. The summed E-state index contributed by atoms with van der Waals surface area (Å²) in [6, 6.07) is 13.5. The molecule has 2 heterocycles. The summed E-state index contributed by atoms with van der Waals surface area (Å²) in [5.74, 6) is 0.297. The first-order valence-corrected chi connectivity index (χ1v) is 17.7. The van der Waals surface area contributed by atoms with Crippen LogP contribution in [0.5, 0.6) is 5.75 Å². The predicted octanol–water partition coefficient (Wildman–Crippen LogP) is 3.48. The summed E-state index contributed by atoms with van der Waals surface area (Å²) < 4.78 is 46.5. The Morgan fingerprint density at radius 3 is 2.40 bits per heavy atom. The Balaban J connectivity index is 1.65. The maximum absolute atomic E-state index is 14.3. The van der Waals surface area contributed by atoms with Crippen molar-refractivity contribution in [1.29, 1.82) is 0 Å². The molecule has 3 N–H and O–H groups in total. The lowest BCUT2D eigenvalue weighted by molar-refractivity contribution is -0.0906. The second-order valence-corrected chi connectivity index (χ2v) is 15.4. The maximum Gasteiger partial charge on any atom is 0.407 e. The third-order valence-electron chi connectivity index (χ3n) is 9.08. The minimum absolute atomic E-state index is 0.0226. The van der Waals surface area contributed by atoms with Crippen LogP contribution in [-0.4, -0.2) is 123 Å². The molecule has 0 radical (unpaired) electrons. The fraction of sp³-hybridized carbons (Fsp3) is 0.588. The topological polar surface area (TPSA) is 158 Å². The summed E-state index contributed by atoms with van der Waals surface area (Å²) in [5.41, 5.74) is 0.229. The van der Waals surface area contributed by atoms with E-state index in [1.165, 1.54) is 33.3 Å². The molecule has 0 aromatic heterocycles. The van der Waals surface area contributed by atoms with Crippen LogP contribution in [0.3, 0.4) is 0 Å². The fourth-order valence-electron chi connectivity index (χ4n) is 6.49. The van der Waals surface area contributed by atoms with E-state index in [2.05, 4.69) is 5.32 Å². The Kier molecular flexibility index (Phi) is 12.7. The van der Waals surface area contributed by atoms with E-state index >= 15 is 0 Å². The average Bonchev–Trinajstić information content (AvgIpc) is 3.68. The van der Waals surface area contributed by atoms with Crippen LogP contribution in [0, 0.1) is 11.3 Å². The van der Waals surface area contributed by atoms with Gasteiger partial charge in [0.05, 0.1) is 43.4 Å². The van der Waals surface area contributed by atoms with Gasteiger partial charge in [0, 0.05) is 39.6 Å². The fourth-order valence-corrected chi connectivity index (χ4v) is 8.13. The number of ether oxygens (including phenoxy) is 3. The first-order valence-electron chi connectivity index (χ1n) is 16.3. The summed E-state index contributed by atoms with van der Waals surface area (Å²) in [7, 11) is 0.638. The quantitative estimate of drug-likeness (QED) is 0.224. The van der Waals surface area contributed by atoms with Crippen molar-refractivity contribution in [3.8, 4) is 5.75 Å². The minimum Gasteiger partial charge on any atom is -0.497 e. The van der Waals surface area contributed by atoms with Crippen molar-refractivity contribution in [1.82, 2.24) is 19.4 Å². The molecule has 0 bridgehead atoms. The number of hydrogen-bond acceptors (Lipinski definition) is 8. The number of amides is 3. The van der Waals surface area contributed by atoms with Crippen molar-refractivity contribution in [3.63, 3.8) is 0 Å². The van der Waals surface area contributed by atoms with Gasteiger partial charge in [0.25, 0.3) is 0 Å². The zero-order valence-corrected chi connectivity index (χ0v) is 29.3. The smallest absolute Gasteiger partial charge is 0.407 e. The summed E-state index contributed by atoms with van der Waals surface area (Å²) in [5, 5.41) is 25.5. The molecule has 5 atom stereocenters. The maximum atomic E-state index is 14.3. The van der Waals surface area contributed by atoms with Crippen LogP contribution in [0.4, 0.5) is 9.59 Å². The van der Waals surface area contributed by atoms with Crippen LogP contribution < -0.4 is 10.1 Å². The number of methoxy groups -OCH3 is 1. The molecule has 0 spiro atoms. The van der Waals surface area contributed by atoms with Gasteiger partial charge < -0.3 is 34.6 Å². The van der Waals surface area contributed by atoms with Crippen molar-refractivity contribution >= 4 is 22.1 Å². The third kappa shape index (κ3) is 9.38. The van der Waals surface area contributed by atoms with E-state index < -0.39 is 46.0 Å². The van der Waals surface area contributed by atoms with E-state index in [-0.39, 0.29) is 43.0 Å². The lowest BCUT2D eigenvalue weighted by Gasteiger charge is -2.40. The molecule has 0 saturated carbocycles. The van der Waals surface area contributed by atoms with Crippen molar-refractivity contribution in [2.75, 3.05) is 54.1 Å².